The van der Waals surface area contributed by atoms with Gasteiger partial charge in [0.15, 0.2) is 6.29 Å². The minimum atomic E-state index is 0.671. The number of aldehydes is 1. The zero-order chi connectivity index (χ0) is 11.0. The van der Waals surface area contributed by atoms with Crippen LogP contribution in [0, 0.1) is 13.8 Å². The van der Waals surface area contributed by atoms with Crippen LogP contribution in [-0.4, -0.2) is 13.4 Å². The fourth-order valence-corrected chi connectivity index (χ4v) is 2.89. The van der Waals surface area contributed by atoms with Crippen LogP contribution in [0.3, 0.4) is 0 Å². The van der Waals surface area contributed by atoms with E-state index in [1.165, 1.54) is 16.9 Å². The van der Waals surface area contributed by atoms with Crippen LogP contribution in [0.1, 0.15) is 20.8 Å². The number of carbonyl (C=O) groups is 1. The van der Waals surface area contributed by atoms with E-state index in [0.717, 1.165) is 21.9 Å². The summed E-state index contributed by atoms with van der Waals surface area (Å²) < 4.78 is 6.45. The van der Waals surface area contributed by atoms with Gasteiger partial charge in [0, 0.05) is 10.1 Å². The van der Waals surface area contributed by atoms with Gasteiger partial charge in [0.2, 0.25) is 0 Å². The third-order valence-electron chi connectivity index (χ3n) is 2.54. The Morgan fingerprint density at radius 1 is 1.27 bits per heavy atom. The monoisotopic (exact) mass is 220 g/mol. The maximum atomic E-state index is 10.9. The summed E-state index contributed by atoms with van der Waals surface area (Å²) in [5, 5.41) is 1.07. The Bertz CT molecular complexity index is 526. The van der Waals surface area contributed by atoms with Crippen molar-refractivity contribution in [3.8, 4) is 5.75 Å². The quantitative estimate of drug-likeness (QED) is 0.725. The average molecular weight is 220 g/mol. The highest BCUT2D eigenvalue weighted by Crippen LogP contribution is 2.40. The maximum absolute atomic E-state index is 10.9. The molecule has 2 nitrogen and oxygen atoms in total. The summed E-state index contributed by atoms with van der Waals surface area (Å²) in [5.74, 6) is 0.714. The number of aryl methyl sites for hydroxylation is 2. The summed E-state index contributed by atoms with van der Waals surface area (Å²) in [7, 11) is 1.61. The number of ether oxygens (including phenoxy) is 1. The lowest BCUT2D eigenvalue weighted by Gasteiger charge is -2.02. The summed E-state index contributed by atoms with van der Waals surface area (Å²) in [6.07, 6.45) is 0.863. The van der Waals surface area contributed by atoms with Crippen LogP contribution in [0.4, 0.5) is 0 Å². The first-order valence-corrected chi connectivity index (χ1v) is 5.52. The Hall–Kier alpha value is -1.35. The maximum Gasteiger partial charge on any atom is 0.163 e. The van der Waals surface area contributed by atoms with Gasteiger partial charge in [-0.2, -0.15) is 0 Å². The lowest BCUT2D eigenvalue weighted by molar-refractivity contribution is 0.112. The number of fused-ring (bicyclic) bond motifs is 1. The molecule has 0 saturated carbocycles. The molecule has 2 rings (SSSR count). The van der Waals surface area contributed by atoms with Gasteiger partial charge in [-0.05, 0) is 25.0 Å². The smallest absolute Gasteiger partial charge is 0.163 e. The molecular weight excluding hydrogens is 208 g/mol. The van der Waals surface area contributed by atoms with Gasteiger partial charge in [0.25, 0.3) is 0 Å². The largest absolute Gasteiger partial charge is 0.494 e. The highest BCUT2D eigenvalue weighted by molar-refractivity contribution is 7.21. The lowest BCUT2D eigenvalue weighted by Crippen LogP contribution is -1.86. The molecule has 1 heterocycles. The molecule has 0 fully saturated rings. The molecule has 0 N–H and O–H groups in total. The number of hydrogen-bond donors (Lipinski definition) is 0. The third-order valence-corrected chi connectivity index (χ3v) is 3.77. The van der Waals surface area contributed by atoms with E-state index in [1.54, 1.807) is 7.11 Å². The fourth-order valence-electron chi connectivity index (χ4n) is 1.76. The molecule has 0 aliphatic rings. The van der Waals surface area contributed by atoms with Gasteiger partial charge in [-0.25, -0.2) is 0 Å². The first kappa shape index (κ1) is 10.2. The molecule has 1 aromatic heterocycles. The molecule has 0 saturated heterocycles. The molecule has 0 unspecified atom stereocenters. The first-order chi connectivity index (χ1) is 7.19. The minimum absolute atomic E-state index is 0.671. The first-order valence-electron chi connectivity index (χ1n) is 4.71. The molecular formula is C12H12O2S. The summed E-state index contributed by atoms with van der Waals surface area (Å²) in [5.41, 5.74) is 2.34. The minimum Gasteiger partial charge on any atom is -0.494 e. The normalized spacial score (nSPS) is 10.6. The Morgan fingerprint density at radius 3 is 2.53 bits per heavy atom. The number of methoxy groups -OCH3 is 1. The van der Waals surface area contributed by atoms with E-state index in [4.69, 9.17) is 4.74 Å². The van der Waals surface area contributed by atoms with E-state index in [0.29, 0.717) is 10.6 Å². The van der Waals surface area contributed by atoms with Gasteiger partial charge in [-0.1, -0.05) is 12.1 Å². The number of thiophene rings is 1. The Kier molecular flexibility index (Phi) is 2.49. The molecule has 0 aliphatic carbocycles. The van der Waals surface area contributed by atoms with Crippen molar-refractivity contribution in [3.63, 3.8) is 0 Å². The van der Waals surface area contributed by atoms with Crippen LogP contribution >= 0.6 is 11.3 Å². The topological polar surface area (TPSA) is 26.3 Å². The predicted octanol–water partition coefficient (Wildman–Crippen LogP) is 3.34. The van der Waals surface area contributed by atoms with Crippen molar-refractivity contribution in [1.29, 1.82) is 0 Å². The number of rotatable bonds is 2. The number of benzene rings is 1. The molecule has 0 aliphatic heterocycles. The van der Waals surface area contributed by atoms with E-state index in [1.807, 2.05) is 13.8 Å². The molecule has 0 atom stereocenters. The van der Waals surface area contributed by atoms with Gasteiger partial charge >= 0.3 is 0 Å². The Balaban J connectivity index is 2.93. The second-order valence-corrected chi connectivity index (χ2v) is 4.57. The predicted molar refractivity (Wildman–Crippen MR) is 63.2 cm³/mol. The number of carbonyl (C=O) groups excluding carboxylic acids is 1. The van der Waals surface area contributed by atoms with Crippen LogP contribution in [0.25, 0.3) is 10.1 Å². The molecule has 0 bridgehead atoms. The molecule has 78 valence electrons. The molecule has 15 heavy (non-hydrogen) atoms. The lowest BCUT2D eigenvalue weighted by atomic mass is 10.1. The standard InChI is InChI=1S/C12H12O2S/c1-7-4-5-8(2)12-10(7)11(14-3)9(6-13)15-12/h4-6H,1-3H3. The van der Waals surface area contributed by atoms with Crippen LogP contribution in [0.2, 0.25) is 0 Å². The summed E-state index contributed by atoms with van der Waals surface area (Å²) in [4.78, 5) is 11.6. The van der Waals surface area contributed by atoms with E-state index in [2.05, 4.69) is 12.1 Å². The van der Waals surface area contributed by atoms with Crippen molar-refractivity contribution in [1.82, 2.24) is 0 Å². The van der Waals surface area contributed by atoms with Crippen molar-refractivity contribution < 1.29 is 9.53 Å². The van der Waals surface area contributed by atoms with Crippen LogP contribution < -0.4 is 4.74 Å². The van der Waals surface area contributed by atoms with Gasteiger partial charge in [-0.15, -0.1) is 11.3 Å². The van der Waals surface area contributed by atoms with E-state index < -0.39 is 0 Å². The summed E-state index contributed by atoms with van der Waals surface area (Å²) >= 11 is 1.50. The van der Waals surface area contributed by atoms with Crippen molar-refractivity contribution in [2.75, 3.05) is 7.11 Å². The van der Waals surface area contributed by atoms with Crippen LogP contribution in [0.15, 0.2) is 12.1 Å². The van der Waals surface area contributed by atoms with Gasteiger partial charge < -0.3 is 4.74 Å². The van der Waals surface area contributed by atoms with E-state index >= 15 is 0 Å². The molecule has 1 aromatic carbocycles. The number of hydrogen-bond acceptors (Lipinski definition) is 3. The van der Waals surface area contributed by atoms with Crippen molar-refractivity contribution in [2.45, 2.75) is 13.8 Å². The Labute approximate surface area is 92.5 Å². The SMILES string of the molecule is COc1c(C=O)sc2c(C)ccc(C)c12. The average Bonchev–Trinajstić information content (AvgIpc) is 2.63. The zero-order valence-electron chi connectivity index (χ0n) is 8.96. The Morgan fingerprint density at radius 2 is 1.93 bits per heavy atom. The van der Waals surface area contributed by atoms with Crippen molar-refractivity contribution >= 4 is 27.7 Å². The zero-order valence-corrected chi connectivity index (χ0v) is 9.77. The highest BCUT2D eigenvalue weighted by atomic mass is 32.1. The highest BCUT2D eigenvalue weighted by Gasteiger charge is 2.15. The molecule has 0 amide bonds. The molecule has 0 spiro atoms. The third kappa shape index (κ3) is 1.43. The molecule has 0 radical (unpaired) electrons. The summed E-state index contributed by atoms with van der Waals surface area (Å²) in [6.45, 7) is 4.08. The van der Waals surface area contributed by atoms with Crippen molar-refractivity contribution in [3.05, 3.63) is 28.1 Å². The van der Waals surface area contributed by atoms with E-state index in [-0.39, 0.29) is 0 Å². The van der Waals surface area contributed by atoms with Crippen molar-refractivity contribution in [2.24, 2.45) is 0 Å². The van der Waals surface area contributed by atoms with Gasteiger partial charge in [0.1, 0.15) is 10.6 Å². The fraction of sp³-hybridized carbons (Fsp3) is 0.250. The molecule has 3 heteroatoms. The van der Waals surface area contributed by atoms with Gasteiger partial charge in [0.05, 0.1) is 7.11 Å². The second-order valence-electron chi connectivity index (χ2n) is 3.52. The van der Waals surface area contributed by atoms with Crippen LogP contribution in [0.5, 0.6) is 5.75 Å². The molecule has 2 aromatic rings. The van der Waals surface area contributed by atoms with E-state index in [9.17, 15) is 4.79 Å². The second kappa shape index (κ2) is 3.66. The van der Waals surface area contributed by atoms with Crippen LogP contribution in [-0.2, 0) is 0 Å². The van der Waals surface area contributed by atoms with Gasteiger partial charge in [-0.3, -0.25) is 4.79 Å². The summed E-state index contributed by atoms with van der Waals surface area (Å²) in [6, 6.07) is 4.13.